The second-order valence-electron chi connectivity index (χ2n) is 5.68. The first kappa shape index (κ1) is 17.5. The Morgan fingerprint density at radius 3 is 2.42 bits per heavy atom. The van der Waals surface area contributed by atoms with Crippen molar-refractivity contribution in [3.8, 4) is 0 Å². The highest BCUT2D eigenvalue weighted by Crippen LogP contribution is 2.16. The third kappa shape index (κ3) is 4.84. The van der Waals surface area contributed by atoms with Crippen molar-refractivity contribution in [2.24, 2.45) is 0 Å². The number of aryl methyl sites for hydroxylation is 2. The van der Waals surface area contributed by atoms with Gasteiger partial charge in [-0.25, -0.2) is 9.59 Å². The molecule has 0 saturated heterocycles. The van der Waals surface area contributed by atoms with Crippen molar-refractivity contribution in [1.29, 1.82) is 0 Å². The summed E-state index contributed by atoms with van der Waals surface area (Å²) in [6, 6.07) is 14.0. The standard InChI is InChI=1S/C19H22N2O3/c1-13-9-10-16(14(2)11-13)20-19(23)21-17(18(22)24-3)12-15-7-5-4-6-8-15/h4-11,17H,12H2,1-3H3,(H2,20,21,23). The minimum Gasteiger partial charge on any atom is -0.467 e. The maximum atomic E-state index is 12.2. The lowest BCUT2D eigenvalue weighted by Gasteiger charge is -2.18. The molecule has 2 rings (SSSR count). The minimum atomic E-state index is -0.747. The molecule has 0 aliphatic carbocycles. The van der Waals surface area contributed by atoms with Crippen LogP contribution in [0.2, 0.25) is 0 Å². The largest absolute Gasteiger partial charge is 0.467 e. The average Bonchev–Trinajstić information content (AvgIpc) is 2.57. The van der Waals surface area contributed by atoms with Crippen molar-refractivity contribution in [3.05, 3.63) is 65.2 Å². The number of nitrogens with one attached hydrogen (secondary N) is 2. The summed E-state index contributed by atoms with van der Waals surface area (Å²) >= 11 is 0. The fraction of sp³-hybridized carbons (Fsp3) is 0.263. The van der Waals surface area contributed by atoms with Crippen LogP contribution in [-0.4, -0.2) is 25.2 Å². The second kappa shape index (κ2) is 8.15. The molecule has 0 aliphatic heterocycles. The molecule has 2 amide bonds. The van der Waals surface area contributed by atoms with Crippen molar-refractivity contribution in [2.75, 3.05) is 12.4 Å². The molecular formula is C19H22N2O3. The molecular weight excluding hydrogens is 304 g/mol. The van der Waals surface area contributed by atoms with Gasteiger partial charge in [0.2, 0.25) is 0 Å². The Balaban J connectivity index is 2.05. The van der Waals surface area contributed by atoms with Gasteiger partial charge in [0.25, 0.3) is 0 Å². The first-order chi connectivity index (χ1) is 11.5. The smallest absolute Gasteiger partial charge is 0.328 e. The number of hydrogen-bond acceptors (Lipinski definition) is 3. The first-order valence-corrected chi connectivity index (χ1v) is 7.76. The summed E-state index contributed by atoms with van der Waals surface area (Å²) in [5, 5.41) is 5.46. The lowest BCUT2D eigenvalue weighted by Crippen LogP contribution is -2.45. The number of carbonyl (C=O) groups excluding carboxylic acids is 2. The van der Waals surface area contributed by atoms with Crippen LogP contribution in [0.5, 0.6) is 0 Å². The van der Waals surface area contributed by atoms with Crippen LogP contribution in [0.1, 0.15) is 16.7 Å². The molecule has 2 N–H and O–H groups in total. The quantitative estimate of drug-likeness (QED) is 0.829. The highest BCUT2D eigenvalue weighted by molar-refractivity contribution is 5.93. The van der Waals surface area contributed by atoms with Gasteiger partial charge in [-0.15, -0.1) is 0 Å². The Hall–Kier alpha value is -2.82. The third-order valence-corrected chi connectivity index (χ3v) is 3.70. The van der Waals surface area contributed by atoms with Crippen molar-refractivity contribution in [3.63, 3.8) is 0 Å². The molecule has 1 unspecified atom stereocenters. The van der Waals surface area contributed by atoms with E-state index in [1.807, 2.05) is 62.4 Å². The predicted molar refractivity (Wildman–Crippen MR) is 94.0 cm³/mol. The average molecular weight is 326 g/mol. The van der Waals surface area contributed by atoms with Crippen molar-refractivity contribution in [1.82, 2.24) is 5.32 Å². The van der Waals surface area contributed by atoms with Crippen LogP contribution in [-0.2, 0) is 16.0 Å². The first-order valence-electron chi connectivity index (χ1n) is 7.76. The Kier molecular flexibility index (Phi) is 5.95. The molecule has 0 fully saturated rings. The number of carbonyl (C=O) groups is 2. The number of ether oxygens (including phenoxy) is 1. The summed E-state index contributed by atoms with van der Waals surface area (Å²) in [5.41, 5.74) is 3.74. The van der Waals surface area contributed by atoms with Gasteiger partial charge in [0.15, 0.2) is 0 Å². The lowest BCUT2D eigenvalue weighted by molar-refractivity contribution is -0.142. The molecule has 0 saturated carbocycles. The molecule has 0 bridgehead atoms. The van der Waals surface area contributed by atoms with Gasteiger partial charge >= 0.3 is 12.0 Å². The van der Waals surface area contributed by atoms with E-state index in [-0.39, 0.29) is 0 Å². The van der Waals surface area contributed by atoms with Crippen LogP contribution >= 0.6 is 0 Å². The Morgan fingerprint density at radius 2 is 1.79 bits per heavy atom. The van der Waals surface area contributed by atoms with E-state index in [9.17, 15) is 9.59 Å². The Morgan fingerprint density at radius 1 is 1.08 bits per heavy atom. The Bertz CT molecular complexity index is 714. The molecule has 0 radical (unpaired) electrons. The van der Waals surface area contributed by atoms with E-state index in [1.54, 1.807) is 0 Å². The van der Waals surface area contributed by atoms with Gasteiger partial charge in [-0.2, -0.15) is 0 Å². The van der Waals surface area contributed by atoms with Crippen molar-refractivity contribution < 1.29 is 14.3 Å². The Labute approximate surface area is 142 Å². The maximum Gasteiger partial charge on any atom is 0.328 e. The van der Waals surface area contributed by atoms with Crippen LogP contribution < -0.4 is 10.6 Å². The molecule has 0 spiro atoms. The fourth-order valence-electron chi connectivity index (χ4n) is 2.46. The van der Waals surface area contributed by atoms with Gasteiger partial charge in [-0.05, 0) is 31.0 Å². The van der Waals surface area contributed by atoms with Crippen LogP contribution in [0.25, 0.3) is 0 Å². The molecule has 24 heavy (non-hydrogen) atoms. The van der Waals surface area contributed by atoms with Gasteiger partial charge in [-0.1, -0.05) is 48.0 Å². The summed E-state index contributed by atoms with van der Waals surface area (Å²) < 4.78 is 4.79. The van der Waals surface area contributed by atoms with Crippen LogP contribution in [0.4, 0.5) is 10.5 Å². The third-order valence-electron chi connectivity index (χ3n) is 3.70. The molecule has 126 valence electrons. The molecule has 0 aliphatic rings. The number of amides is 2. The van der Waals surface area contributed by atoms with E-state index in [2.05, 4.69) is 10.6 Å². The van der Waals surface area contributed by atoms with E-state index in [4.69, 9.17) is 4.74 Å². The normalized spacial score (nSPS) is 11.5. The van der Waals surface area contributed by atoms with Gasteiger partial charge in [0, 0.05) is 12.1 Å². The summed E-state index contributed by atoms with van der Waals surface area (Å²) in [6.45, 7) is 3.91. The SMILES string of the molecule is COC(=O)C(Cc1ccccc1)NC(=O)Nc1ccc(C)cc1C. The lowest BCUT2D eigenvalue weighted by atomic mass is 10.1. The maximum absolute atomic E-state index is 12.2. The fourth-order valence-corrected chi connectivity index (χ4v) is 2.46. The highest BCUT2D eigenvalue weighted by atomic mass is 16.5. The summed E-state index contributed by atoms with van der Waals surface area (Å²) in [7, 11) is 1.31. The van der Waals surface area contributed by atoms with E-state index >= 15 is 0 Å². The number of methoxy groups -OCH3 is 1. The van der Waals surface area contributed by atoms with Crippen LogP contribution in [0, 0.1) is 13.8 Å². The molecule has 2 aromatic rings. The number of benzene rings is 2. The monoisotopic (exact) mass is 326 g/mol. The highest BCUT2D eigenvalue weighted by Gasteiger charge is 2.22. The molecule has 0 aromatic heterocycles. The number of urea groups is 1. The van der Waals surface area contributed by atoms with E-state index in [1.165, 1.54) is 7.11 Å². The molecule has 2 aromatic carbocycles. The molecule has 0 heterocycles. The van der Waals surface area contributed by atoms with Crippen molar-refractivity contribution in [2.45, 2.75) is 26.3 Å². The summed E-state index contributed by atoms with van der Waals surface area (Å²) in [4.78, 5) is 24.2. The number of esters is 1. The molecule has 5 heteroatoms. The number of hydrogen-bond donors (Lipinski definition) is 2. The van der Waals surface area contributed by atoms with E-state index in [0.717, 1.165) is 16.7 Å². The van der Waals surface area contributed by atoms with Crippen LogP contribution in [0.15, 0.2) is 48.5 Å². The topological polar surface area (TPSA) is 67.4 Å². The van der Waals surface area contributed by atoms with Gasteiger partial charge in [-0.3, -0.25) is 0 Å². The number of rotatable bonds is 5. The predicted octanol–water partition coefficient (Wildman–Crippen LogP) is 3.21. The molecule has 1 atom stereocenters. The zero-order valence-corrected chi connectivity index (χ0v) is 14.1. The summed E-state index contributed by atoms with van der Waals surface area (Å²) in [6.07, 6.45) is 0.369. The van der Waals surface area contributed by atoms with Gasteiger partial charge < -0.3 is 15.4 Å². The zero-order chi connectivity index (χ0) is 17.5. The summed E-state index contributed by atoms with van der Waals surface area (Å²) in [5.74, 6) is -0.477. The zero-order valence-electron chi connectivity index (χ0n) is 14.1. The van der Waals surface area contributed by atoms with E-state index in [0.29, 0.717) is 12.1 Å². The van der Waals surface area contributed by atoms with Crippen LogP contribution in [0.3, 0.4) is 0 Å². The minimum absolute atomic E-state index is 0.369. The van der Waals surface area contributed by atoms with E-state index < -0.39 is 18.0 Å². The van der Waals surface area contributed by atoms with Gasteiger partial charge in [0.1, 0.15) is 6.04 Å². The number of anilines is 1. The van der Waals surface area contributed by atoms with Crippen molar-refractivity contribution >= 4 is 17.7 Å². The van der Waals surface area contributed by atoms with Gasteiger partial charge in [0.05, 0.1) is 7.11 Å². The molecule has 5 nitrogen and oxygen atoms in total. The second-order valence-corrected chi connectivity index (χ2v) is 5.68.